The summed E-state index contributed by atoms with van der Waals surface area (Å²) in [6.07, 6.45) is 35.9. The molecule has 0 aliphatic heterocycles. The van der Waals surface area contributed by atoms with Crippen LogP contribution in [0.5, 0.6) is 0 Å². The number of carbonyl (C=O) groups excluding carboxylic acids is 1. The molecule has 0 aliphatic carbocycles. The standard InChI is InChI=1S/C35H65N2O6P/c1-3-5-7-9-11-13-15-16-17-18-19-21-23-25-27-29-35(39)37-33(32-43-44(40,41)42-31-30-36)34(38)28-26-24-22-20-14-12-10-8-6-4-2/h6,8,14,16-17,20,26,28,33-34,38H,3-5,7,9-13,15,18-19,21-25,27,29-32,36H2,1-2H3,(H,37,39)(H,40,41)/b8-6+,17-16-,20-14+,28-26+. The third kappa shape index (κ3) is 29.2. The molecule has 0 aromatic rings. The van der Waals surface area contributed by atoms with Crippen LogP contribution >= 0.6 is 7.82 Å². The first kappa shape index (κ1) is 42.5. The minimum atomic E-state index is -4.34. The molecule has 0 aromatic heterocycles. The topological polar surface area (TPSA) is 131 Å². The number of aliphatic hydroxyl groups is 1. The average molecular weight is 641 g/mol. The maximum Gasteiger partial charge on any atom is 0.472 e. The van der Waals surface area contributed by atoms with E-state index in [-0.39, 0.29) is 25.7 Å². The number of unbranched alkanes of at least 4 members (excludes halogenated alkanes) is 13. The Hall–Kier alpha value is -1.54. The van der Waals surface area contributed by atoms with E-state index < -0.39 is 20.0 Å². The zero-order chi connectivity index (χ0) is 32.6. The number of rotatable bonds is 31. The minimum absolute atomic E-state index is 0.0687. The lowest BCUT2D eigenvalue weighted by molar-refractivity contribution is -0.123. The van der Waals surface area contributed by atoms with Crippen molar-refractivity contribution in [3.05, 3.63) is 48.6 Å². The molecule has 3 unspecified atom stereocenters. The Balaban J connectivity index is 4.41. The van der Waals surface area contributed by atoms with Crippen LogP contribution in [0.2, 0.25) is 0 Å². The van der Waals surface area contributed by atoms with Crippen molar-refractivity contribution < 1.29 is 28.4 Å². The fraction of sp³-hybridized carbons (Fsp3) is 0.743. The van der Waals surface area contributed by atoms with Crippen LogP contribution in [0, 0.1) is 0 Å². The lowest BCUT2D eigenvalue weighted by atomic mass is 10.1. The number of aliphatic hydroxyl groups excluding tert-OH is 1. The van der Waals surface area contributed by atoms with Crippen molar-refractivity contribution in [1.29, 1.82) is 0 Å². The number of carbonyl (C=O) groups is 1. The van der Waals surface area contributed by atoms with E-state index in [9.17, 15) is 19.4 Å². The third-order valence-electron chi connectivity index (χ3n) is 7.12. The van der Waals surface area contributed by atoms with E-state index in [1.165, 1.54) is 44.9 Å². The largest absolute Gasteiger partial charge is 0.472 e. The zero-order valence-electron chi connectivity index (χ0n) is 27.9. The van der Waals surface area contributed by atoms with Gasteiger partial charge in [-0.2, -0.15) is 0 Å². The van der Waals surface area contributed by atoms with E-state index in [1.807, 2.05) is 6.08 Å². The molecule has 256 valence electrons. The van der Waals surface area contributed by atoms with Crippen LogP contribution < -0.4 is 11.1 Å². The van der Waals surface area contributed by atoms with Gasteiger partial charge in [0.25, 0.3) is 0 Å². The lowest BCUT2D eigenvalue weighted by Gasteiger charge is -2.23. The van der Waals surface area contributed by atoms with Crippen LogP contribution in [0.1, 0.15) is 136 Å². The predicted molar refractivity (Wildman–Crippen MR) is 184 cm³/mol. The molecule has 0 saturated heterocycles. The summed E-state index contributed by atoms with van der Waals surface area (Å²) < 4.78 is 21.9. The highest BCUT2D eigenvalue weighted by atomic mass is 31.2. The summed E-state index contributed by atoms with van der Waals surface area (Å²) in [4.78, 5) is 22.5. The van der Waals surface area contributed by atoms with Gasteiger partial charge in [-0.1, -0.05) is 114 Å². The second-order valence-electron chi connectivity index (χ2n) is 11.3. The van der Waals surface area contributed by atoms with Crippen LogP contribution in [-0.2, 0) is 18.4 Å². The monoisotopic (exact) mass is 640 g/mol. The first-order valence-corrected chi connectivity index (χ1v) is 18.8. The molecular weight excluding hydrogens is 575 g/mol. The Kier molecular flexibility index (Phi) is 30.3. The number of hydrogen-bond acceptors (Lipinski definition) is 6. The zero-order valence-corrected chi connectivity index (χ0v) is 28.8. The van der Waals surface area contributed by atoms with Crippen molar-refractivity contribution in [3.8, 4) is 0 Å². The van der Waals surface area contributed by atoms with Crippen molar-refractivity contribution in [2.75, 3.05) is 19.8 Å². The first-order valence-electron chi connectivity index (χ1n) is 17.3. The van der Waals surface area contributed by atoms with E-state index in [0.29, 0.717) is 6.42 Å². The molecule has 0 bridgehead atoms. The first-order chi connectivity index (χ1) is 21.4. The van der Waals surface area contributed by atoms with E-state index in [4.69, 9.17) is 14.8 Å². The van der Waals surface area contributed by atoms with Gasteiger partial charge < -0.3 is 21.1 Å². The normalized spacial score (nSPS) is 15.1. The smallest absolute Gasteiger partial charge is 0.387 e. The average Bonchev–Trinajstić information content (AvgIpc) is 3.01. The summed E-state index contributed by atoms with van der Waals surface area (Å²) in [6, 6.07) is -0.885. The Bertz CT molecular complexity index is 830. The molecule has 0 rings (SSSR count). The summed E-state index contributed by atoms with van der Waals surface area (Å²) >= 11 is 0. The summed E-state index contributed by atoms with van der Waals surface area (Å²) in [5, 5.41) is 13.5. The van der Waals surface area contributed by atoms with Gasteiger partial charge in [0.2, 0.25) is 5.91 Å². The van der Waals surface area contributed by atoms with Crippen LogP contribution in [0.4, 0.5) is 0 Å². The summed E-state index contributed by atoms with van der Waals surface area (Å²) in [6.45, 7) is 3.93. The Labute approximate surface area is 269 Å². The summed E-state index contributed by atoms with van der Waals surface area (Å²) in [7, 11) is -4.34. The number of nitrogens with two attached hydrogens (primary N) is 1. The molecule has 0 spiro atoms. The number of amides is 1. The quantitative estimate of drug-likeness (QED) is 0.0339. The molecule has 5 N–H and O–H groups in total. The molecule has 9 heteroatoms. The summed E-state index contributed by atoms with van der Waals surface area (Å²) in [5.74, 6) is -0.223. The molecule has 0 aliphatic rings. The minimum Gasteiger partial charge on any atom is -0.387 e. The van der Waals surface area contributed by atoms with Crippen molar-refractivity contribution in [2.24, 2.45) is 5.73 Å². The van der Waals surface area contributed by atoms with E-state index in [1.54, 1.807) is 6.08 Å². The number of phosphoric acid groups is 1. The van der Waals surface area contributed by atoms with Gasteiger partial charge in [-0.05, 0) is 64.2 Å². The van der Waals surface area contributed by atoms with Gasteiger partial charge in [0, 0.05) is 13.0 Å². The van der Waals surface area contributed by atoms with Crippen molar-refractivity contribution in [2.45, 2.75) is 148 Å². The van der Waals surface area contributed by atoms with Gasteiger partial charge in [-0.15, -0.1) is 0 Å². The van der Waals surface area contributed by atoms with Crippen molar-refractivity contribution in [3.63, 3.8) is 0 Å². The van der Waals surface area contributed by atoms with E-state index in [0.717, 1.165) is 70.6 Å². The molecule has 3 atom stereocenters. The second kappa shape index (κ2) is 31.4. The van der Waals surface area contributed by atoms with Gasteiger partial charge in [0.1, 0.15) is 0 Å². The molecule has 0 saturated carbocycles. The third-order valence-corrected chi connectivity index (χ3v) is 8.10. The van der Waals surface area contributed by atoms with Crippen molar-refractivity contribution >= 4 is 13.7 Å². The van der Waals surface area contributed by atoms with Gasteiger partial charge in [-0.25, -0.2) is 4.57 Å². The fourth-order valence-corrected chi connectivity index (χ4v) is 5.28. The number of hydrogen-bond donors (Lipinski definition) is 4. The maximum atomic E-state index is 12.6. The fourth-order valence-electron chi connectivity index (χ4n) is 4.52. The van der Waals surface area contributed by atoms with Crippen LogP contribution in [0.3, 0.4) is 0 Å². The second-order valence-corrected chi connectivity index (χ2v) is 12.8. The van der Waals surface area contributed by atoms with Gasteiger partial charge in [0.05, 0.1) is 25.4 Å². The van der Waals surface area contributed by atoms with Crippen molar-refractivity contribution in [1.82, 2.24) is 5.32 Å². The van der Waals surface area contributed by atoms with Gasteiger partial charge in [0.15, 0.2) is 0 Å². The van der Waals surface area contributed by atoms with Gasteiger partial charge in [-0.3, -0.25) is 13.8 Å². The number of phosphoric ester groups is 1. The Morgan fingerprint density at radius 1 is 0.750 bits per heavy atom. The van der Waals surface area contributed by atoms with Crippen LogP contribution in [0.25, 0.3) is 0 Å². The van der Waals surface area contributed by atoms with E-state index >= 15 is 0 Å². The predicted octanol–water partition coefficient (Wildman–Crippen LogP) is 8.60. The lowest BCUT2D eigenvalue weighted by Crippen LogP contribution is -2.45. The molecule has 0 heterocycles. The number of nitrogens with one attached hydrogen (secondary N) is 1. The highest BCUT2D eigenvalue weighted by Gasteiger charge is 2.26. The molecule has 0 radical (unpaired) electrons. The molecule has 0 fully saturated rings. The summed E-state index contributed by atoms with van der Waals surface area (Å²) in [5.41, 5.74) is 5.33. The molecule has 8 nitrogen and oxygen atoms in total. The van der Waals surface area contributed by atoms with E-state index in [2.05, 4.69) is 55.6 Å². The highest BCUT2D eigenvalue weighted by Crippen LogP contribution is 2.43. The Morgan fingerprint density at radius 2 is 1.27 bits per heavy atom. The molecule has 0 aromatic carbocycles. The van der Waals surface area contributed by atoms with Crippen LogP contribution in [0.15, 0.2) is 48.6 Å². The molecule has 44 heavy (non-hydrogen) atoms. The Morgan fingerprint density at radius 3 is 1.86 bits per heavy atom. The SMILES string of the molecule is CC/C=C/CC/C=C/CC/C=C/C(O)C(COP(=O)(O)OCCN)NC(=O)CCCCCCC/C=C\CCCCCCCC. The maximum absolute atomic E-state index is 12.6. The molecule has 1 amide bonds. The molecular formula is C35H65N2O6P. The number of allylic oxidation sites excluding steroid dienone is 7. The van der Waals surface area contributed by atoms with Crippen LogP contribution in [-0.4, -0.2) is 47.8 Å². The van der Waals surface area contributed by atoms with Gasteiger partial charge >= 0.3 is 7.82 Å². The highest BCUT2D eigenvalue weighted by molar-refractivity contribution is 7.47.